The summed E-state index contributed by atoms with van der Waals surface area (Å²) < 4.78 is 8.98. The van der Waals surface area contributed by atoms with Crippen molar-refractivity contribution in [3.8, 4) is 0 Å². The second kappa shape index (κ2) is 6.93. The molecule has 1 aliphatic carbocycles. The van der Waals surface area contributed by atoms with Crippen LogP contribution in [0.2, 0.25) is 0 Å². The van der Waals surface area contributed by atoms with Crippen LogP contribution in [0.1, 0.15) is 58.3 Å². The number of hydrogen-bond acceptors (Lipinski definition) is 2. The molecule has 0 radical (unpaired) electrons. The van der Waals surface area contributed by atoms with Crippen molar-refractivity contribution in [2.24, 2.45) is 5.92 Å². The number of rotatable bonds is 5. The molecule has 2 saturated heterocycles. The van der Waals surface area contributed by atoms with Crippen molar-refractivity contribution >= 4 is 5.90 Å². The maximum Gasteiger partial charge on any atom is 0.340 e. The normalized spacial score (nSPS) is 25.8. The summed E-state index contributed by atoms with van der Waals surface area (Å²) in [5.74, 6) is 2.08. The number of hydrogen-bond donors (Lipinski definition) is 0. The van der Waals surface area contributed by atoms with Crippen LogP contribution >= 0.6 is 0 Å². The summed E-state index contributed by atoms with van der Waals surface area (Å²) in [4.78, 5) is 2.62. The molecule has 3 rings (SSSR count). The minimum absolute atomic E-state index is 0.407. The van der Waals surface area contributed by atoms with Gasteiger partial charge in [-0.05, 0) is 45.2 Å². The molecule has 1 unspecified atom stereocenters. The maximum absolute atomic E-state index is 6.51. The van der Waals surface area contributed by atoms with Gasteiger partial charge in [-0.3, -0.25) is 4.90 Å². The van der Waals surface area contributed by atoms with Crippen LogP contribution in [0.4, 0.5) is 0 Å². The second-order valence-corrected chi connectivity index (χ2v) is 6.82. The molecule has 3 aliphatic rings. The Hall–Kier alpha value is -0.570. The third-order valence-electron chi connectivity index (χ3n) is 5.12. The molecule has 3 fully saturated rings. The third-order valence-corrected chi connectivity index (χ3v) is 5.12. The molecular formula is C17H31N2O+. The minimum atomic E-state index is 0.407. The van der Waals surface area contributed by atoms with Gasteiger partial charge >= 0.3 is 5.90 Å². The fraction of sp³-hybridized carbons (Fsp3) is 0.941. The summed E-state index contributed by atoms with van der Waals surface area (Å²) in [6.45, 7) is 8.44. The SMILES string of the molecule is CCC(CN1CCCCC1)OC(C1CCCC1)=[N+]1CC1. The molecule has 1 saturated carbocycles. The van der Waals surface area contributed by atoms with Gasteiger partial charge in [0.1, 0.15) is 6.10 Å². The van der Waals surface area contributed by atoms with Gasteiger partial charge in [0.15, 0.2) is 0 Å². The summed E-state index contributed by atoms with van der Waals surface area (Å²) in [5, 5.41) is 0. The van der Waals surface area contributed by atoms with Crippen molar-refractivity contribution < 1.29 is 9.31 Å². The lowest BCUT2D eigenvalue weighted by Gasteiger charge is -2.30. The first-order valence-electron chi connectivity index (χ1n) is 8.87. The topological polar surface area (TPSA) is 15.5 Å². The van der Waals surface area contributed by atoms with Gasteiger partial charge in [0, 0.05) is 6.54 Å². The smallest absolute Gasteiger partial charge is 0.340 e. The van der Waals surface area contributed by atoms with Crippen LogP contribution in [0.25, 0.3) is 0 Å². The molecule has 2 aliphatic heterocycles. The standard InChI is InChI=1S/C17H31N2O/c1-2-16(14-18-10-6-3-7-11-18)20-17(19-12-13-19)15-8-4-5-9-15/h15-16H,2-14H2,1H3/q+1. The molecule has 0 bridgehead atoms. The molecule has 0 spiro atoms. The van der Waals surface area contributed by atoms with E-state index in [0.29, 0.717) is 6.10 Å². The van der Waals surface area contributed by atoms with Crippen LogP contribution in [-0.4, -0.2) is 54.2 Å². The molecule has 0 aromatic heterocycles. The molecule has 20 heavy (non-hydrogen) atoms. The van der Waals surface area contributed by atoms with Gasteiger partial charge in [0.05, 0.1) is 5.92 Å². The van der Waals surface area contributed by atoms with Gasteiger partial charge in [-0.2, -0.15) is 4.58 Å². The van der Waals surface area contributed by atoms with Crippen molar-refractivity contribution in [1.82, 2.24) is 4.90 Å². The highest BCUT2D eigenvalue weighted by atomic mass is 16.5. The van der Waals surface area contributed by atoms with Crippen LogP contribution < -0.4 is 0 Å². The fourth-order valence-electron chi connectivity index (χ4n) is 3.72. The quantitative estimate of drug-likeness (QED) is 0.437. The van der Waals surface area contributed by atoms with E-state index in [2.05, 4.69) is 16.4 Å². The monoisotopic (exact) mass is 279 g/mol. The van der Waals surface area contributed by atoms with Crippen molar-refractivity contribution in [2.45, 2.75) is 64.4 Å². The highest BCUT2D eigenvalue weighted by Gasteiger charge is 2.37. The molecule has 0 aromatic rings. The Balaban J connectivity index is 1.56. The fourth-order valence-corrected chi connectivity index (χ4v) is 3.72. The second-order valence-electron chi connectivity index (χ2n) is 6.82. The zero-order valence-corrected chi connectivity index (χ0v) is 13.1. The van der Waals surface area contributed by atoms with E-state index in [0.717, 1.165) is 18.9 Å². The van der Waals surface area contributed by atoms with Crippen LogP contribution in [0.3, 0.4) is 0 Å². The number of ether oxygens (including phenoxy) is 1. The first-order chi connectivity index (χ1) is 9.86. The largest absolute Gasteiger partial charge is 0.443 e. The zero-order valence-electron chi connectivity index (χ0n) is 13.1. The Labute approximate surface area is 124 Å². The van der Waals surface area contributed by atoms with E-state index in [4.69, 9.17) is 4.74 Å². The van der Waals surface area contributed by atoms with Crippen molar-refractivity contribution in [1.29, 1.82) is 0 Å². The lowest BCUT2D eigenvalue weighted by Crippen LogP contribution is -2.39. The van der Waals surface area contributed by atoms with E-state index in [9.17, 15) is 0 Å². The van der Waals surface area contributed by atoms with Gasteiger partial charge in [-0.25, -0.2) is 0 Å². The molecule has 3 nitrogen and oxygen atoms in total. The summed E-state index contributed by atoms with van der Waals surface area (Å²) >= 11 is 0. The molecule has 1 atom stereocenters. The van der Waals surface area contributed by atoms with Crippen LogP contribution in [-0.2, 0) is 4.74 Å². The molecule has 3 heteroatoms. The zero-order chi connectivity index (χ0) is 13.8. The highest BCUT2D eigenvalue weighted by molar-refractivity contribution is 5.74. The van der Waals surface area contributed by atoms with Crippen LogP contribution in [0.15, 0.2) is 0 Å². The number of nitrogens with zero attached hydrogens (tertiary/aromatic N) is 2. The summed E-state index contributed by atoms with van der Waals surface area (Å²) in [7, 11) is 0. The van der Waals surface area contributed by atoms with Gasteiger partial charge in [-0.15, -0.1) is 0 Å². The molecule has 0 aromatic carbocycles. The first-order valence-corrected chi connectivity index (χ1v) is 8.87. The summed E-state index contributed by atoms with van der Waals surface area (Å²) in [5.41, 5.74) is 0. The van der Waals surface area contributed by atoms with E-state index in [1.54, 1.807) is 0 Å². The van der Waals surface area contributed by atoms with Crippen molar-refractivity contribution in [2.75, 3.05) is 32.7 Å². The van der Waals surface area contributed by atoms with E-state index < -0.39 is 0 Å². The van der Waals surface area contributed by atoms with Gasteiger partial charge in [0.25, 0.3) is 0 Å². The summed E-state index contributed by atoms with van der Waals surface area (Å²) in [6.07, 6.45) is 11.2. The summed E-state index contributed by atoms with van der Waals surface area (Å²) in [6, 6.07) is 0. The van der Waals surface area contributed by atoms with E-state index in [-0.39, 0.29) is 0 Å². The van der Waals surface area contributed by atoms with E-state index in [1.165, 1.54) is 77.0 Å². The number of piperidine rings is 1. The molecular weight excluding hydrogens is 248 g/mol. The lowest BCUT2D eigenvalue weighted by molar-refractivity contribution is -0.355. The Morgan fingerprint density at radius 1 is 1.10 bits per heavy atom. The average Bonchev–Trinajstić information content (AvgIpc) is 3.18. The molecule has 0 N–H and O–H groups in total. The Morgan fingerprint density at radius 2 is 1.80 bits per heavy atom. The van der Waals surface area contributed by atoms with Gasteiger partial charge in [-0.1, -0.05) is 26.2 Å². The van der Waals surface area contributed by atoms with Crippen LogP contribution in [0.5, 0.6) is 0 Å². The van der Waals surface area contributed by atoms with Crippen molar-refractivity contribution in [3.63, 3.8) is 0 Å². The van der Waals surface area contributed by atoms with E-state index >= 15 is 0 Å². The maximum atomic E-state index is 6.51. The highest BCUT2D eigenvalue weighted by Crippen LogP contribution is 2.28. The third kappa shape index (κ3) is 3.75. The van der Waals surface area contributed by atoms with Crippen molar-refractivity contribution in [3.05, 3.63) is 0 Å². The Bertz CT molecular complexity index is 335. The Morgan fingerprint density at radius 3 is 2.40 bits per heavy atom. The molecule has 114 valence electrons. The lowest BCUT2D eigenvalue weighted by atomic mass is 10.1. The first kappa shape index (κ1) is 14.4. The van der Waals surface area contributed by atoms with Crippen LogP contribution in [0, 0.1) is 5.92 Å². The molecule has 2 heterocycles. The number of likely N-dealkylation sites (tertiary alicyclic amines) is 1. The Kier molecular flexibility index (Phi) is 4.98. The van der Waals surface area contributed by atoms with Gasteiger partial charge in [0.2, 0.25) is 13.1 Å². The molecule has 0 amide bonds. The average molecular weight is 279 g/mol. The minimum Gasteiger partial charge on any atom is -0.443 e. The van der Waals surface area contributed by atoms with E-state index in [1.807, 2.05) is 0 Å². The predicted octanol–water partition coefficient (Wildman–Crippen LogP) is 2.88. The predicted molar refractivity (Wildman–Crippen MR) is 82.4 cm³/mol. The van der Waals surface area contributed by atoms with Gasteiger partial charge < -0.3 is 4.74 Å².